The minimum Gasteiger partial charge on any atom is -0.507 e. The van der Waals surface area contributed by atoms with Gasteiger partial charge < -0.3 is 9.63 Å². The second-order valence-electron chi connectivity index (χ2n) is 4.04. The molecule has 2 aromatic rings. The van der Waals surface area contributed by atoms with Gasteiger partial charge in [-0.05, 0) is 17.4 Å². The van der Waals surface area contributed by atoms with Crippen LogP contribution in [0, 0.1) is 5.82 Å². The van der Waals surface area contributed by atoms with E-state index in [4.69, 9.17) is 4.52 Å². The van der Waals surface area contributed by atoms with Gasteiger partial charge in [0.15, 0.2) is 5.82 Å². The lowest BCUT2D eigenvalue weighted by atomic mass is 10.2. The van der Waals surface area contributed by atoms with E-state index in [0.29, 0.717) is 22.4 Å². The molecule has 1 aromatic heterocycles. The van der Waals surface area contributed by atoms with Crippen molar-refractivity contribution in [2.24, 2.45) is 0 Å². The number of hydrogen-bond donors (Lipinski definition) is 1. The number of rotatable bonds is 4. The number of halogens is 1. The number of aromatic nitrogens is 2. The first kappa shape index (κ1) is 12.9. The molecule has 0 spiro atoms. The van der Waals surface area contributed by atoms with E-state index in [1.807, 2.05) is 0 Å². The molecular formula is C12H13FN2O2S. The van der Waals surface area contributed by atoms with Crippen molar-refractivity contribution in [1.82, 2.24) is 10.1 Å². The first-order valence-corrected chi connectivity index (χ1v) is 6.54. The second-order valence-corrected chi connectivity index (χ2v) is 5.60. The molecule has 0 saturated carbocycles. The van der Waals surface area contributed by atoms with Crippen LogP contribution >= 0.6 is 11.8 Å². The molecule has 0 aliphatic heterocycles. The summed E-state index contributed by atoms with van der Waals surface area (Å²) in [5.74, 6) is 0.690. The molecule has 1 aromatic carbocycles. The van der Waals surface area contributed by atoms with E-state index < -0.39 is 5.82 Å². The van der Waals surface area contributed by atoms with Crippen LogP contribution in [-0.2, 0) is 5.75 Å². The number of phenols is 1. The van der Waals surface area contributed by atoms with E-state index in [0.717, 1.165) is 6.07 Å². The SMILES string of the molecule is CC(C)SCc1noc(-c2ccc(F)cc2O)n1. The van der Waals surface area contributed by atoms with Crippen molar-refractivity contribution in [3.8, 4) is 17.2 Å². The lowest BCUT2D eigenvalue weighted by Gasteiger charge is -1.99. The molecule has 0 saturated heterocycles. The van der Waals surface area contributed by atoms with Crippen LogP contribution in [0.5, 0.6) is 5.75 Å². The van der Waals surface area contributed by atoms with Gasteiger partial charge in [-0.1, -0.05) is 19.0 Å². The van der Waals surface area contributed by atoms with Gasteiger partial charge in [0, 0.05) is 6.07 Å². The van der Waals surface area contributed by atoms with Crippen LogP contribution in [0.15, 0.2) is 22.7 Å². The van der Waals surface area contributed by atoms with Crippen molar-refractivity contribution in [1.29, 1.82) is 0 Å². The monoisotopic (exact) mass is 268 g/mol. The summed E-state index contributed by atoms with van der Waals surface area (Å²) in [6.45, 7) is 4.16. The predicted molar refractivity (Wildman–Crippen MR) is 67.8 cm³/mol. The highest BCUT2D eigenvalue weighted by Crippen LogP contribution is 2.28. The molecule has 0 radical (unpaired) electrons. The van der Waals surface area contributed by atoms with Crippen molar-refractivity contribution in [3.05, 3.63) is 29.8 Å². The molecule has 2 rings (SSSR count). The largest absolute Gasteiger partial charge is 0.507 e. The number of nitrogens with zero attached hydrogens (tertiary/aromatic N) is 2. The third-order valence-electron chi connectivity index (χ3n) is 2.20. The Bertz CT molecular complexity index is 543. The molecule has 0 fully saturated rings. The van der Waals surface area contributed by atoms with E-state index in [2.05, 4.69) is 24.0 Å². The van der Waals surface area contributed by atoms with E-state index in [1.54, 1.807) is 11.8 Å². The first-order valence-electron chi connectivity index (χ1n) is 5.49. The first-order chi connectivity index (χ1) is 8.56. The molecule has 0 aliphatic rings. The van der Waals surface area contributed by atoms with E-state index in [1.165, 1.54) is 12.1 Å². The third-order valence-corrected chi connectivity index (χ3v) is 3.30. The summed E-state index contributed by atoms with van der Waals surface area (Å²) in [7, 11) is 0. The van der Waals surface area contributed by atoms with Crippen LogP contribution in [0.1, 0.15) is 19.7 Å². The fourth-order valence-electron chi connectivity index (χ4n) is 1.35. The molecule has 1 heterocycles. The van der Waals surface area contributed by atoms with E-state index >= 15 is 0 Å². The van der Waals surface area contributed by atoms with E-state index in [9.17, 15) is 9.50 Å². The normalized spacial score (nSPS) is 11.1. The molecule has 0 bridgehead atoms. The van der Waals surface area contributed by atoms with E-state index in [-0.39, 0.29) is 11.6 Å². The van der Waals surface area contributed by atoms with Gasteiger partial charge in [-0.15, -0.1) is 0 Å². The van der Waals surface area contributed by atoms with Crippen LogP contribution in [0.2, 0.25) is 0 Å². The van der Waals surface area contributed by atoms with Crippen molar-refractivity contribution in [2.75, 3.05) is 0 Å². The zero-order valence-electron chi connectivity index (χ0n) is 10.1. The molecule has 0 atom stereocenters. The zero-order valence-corrected chi connectivity index (χ0v) is 10.9. The molecular weight excluding hydrogens is 255 g/mol. The highest BCUT2D eigenvalue weighted by atomic mass is 32.2. The molecule has 4 nitrogen and oxygen atoms in total. The third kappa shape index (κ3) is 3.01. The summed E-state index contributed by atoms with van der Waals surface area (Å²) in [5.41, 5.74) is 0.338. The smallest absolute Gasteiger partial charge is 0.261 e. The number of aromatic hydroxyl groups is 1. The Morgan fingerprint density at radius 3 is 2.89 bits per heavy atom. The summed E-state index contributed by atoms with van der Waals surface area (Å²) in [4.78, 5) is 4.16. The van der Waals surface area contributed by atoms with Gasteiger partial charge in [0.25, 0.3) is 5.89 Å². The Balaban J connectivity index is 2.18. The zero-order chi connectivity index (χ0) is 13.1. The quantitative estimate of drug-likeness (QED) is 0.922. The second kappa shape index (κ2) is 5.39. The topological polar surface area (TPSA) is 59.2 Å². The van der Waals surface area contributed by atoms with Gasteiger partial charge in [0.2, 0.25) is 0 Å². The molecule has 6 heteroatoms. The summed E-state index contributed by atoms with van der Waals surface area (Å²) in [6.07, 6.45) is 0. The summed E-state index contributed by atoms with van der Waals surface area (Å²) < 4.78 is 17.9. The Morgan fingerprint density at radius 1 is 1.44 bits per heavy atom. The molecule has 1 N–H and O–H groups in total. The Kier molecular flexibility index (Phi) is 3.86. The molecule has 0 amide bonds. The predicted octanol–water partition coefficient (Wildman–Crippen LogP) is 3.22. The molecule has 18 heavy (non-hydrogen) atoms. The van der Waals surface area contributed by atoms with Gasteiger partial charge in [-0.25, -0.2) is 4.39 Å². The van der Waals surface area contributed by atoms with Gasteiger partial charge in [-0.3, -0.25) is 0 Å². The molecule has 0 unspecified atom stereocenters. The average molecular weight is 268 g/mol. The van der Waals surface area contributed by atoms with Gasteiger partial charge >= 0.3 is 0 Å². The van der Waals surface area contributed by atoms with Crippen LogP contribution in [0.3, 0.4) is 0 Å². The number of hydrogen-bond acceptors (Lipinski definition) is 5. The number of thioether (sulfide) groups is 1. The summed E-state index contributed by atoms with van der Waals surface area (Å²) >= 11 is 1.69. The maximum Gasteiger partial charge on any atom is 0.261 e. The standard InChI is InChI=1S/C12H13FN2O2S/c1-7(2)18-6-11-14-12(17-15-11)9-4-3-8(13)5-10(9)16/h3-5,7,16H,6H2,1-2H3. The maximum atomic E-state index is 12.8. The van der Waals surface area contributed by atoms with Crippen LogP contribution in [0.4, 0.5) is 4.39 Å². The van der Waals surface area contributed by atoms with Gasteiger partial charge in [0.1, 0.15) is 11.6 Å². The maximum absolute atomic E-state index is 12.8. The number of benzene rings is 1. The van der Waals surface area contributed by atoms with Crippen LogP contribution < -0.4 is 0 Å². The lowest BCUT2D eigenvalue weighted by Crippen LogP contribution is -1.90. The highest BCUT2D eigenvalue weighted by molar-refractivity contribution is 7.99. The Hall–Kier alpha value is -1.56. The van der Waals surface area contributed by atoms with Crippen molar-refractivity contribution in [2.45, 2.75) is 24.9 Å². The fourth-order valence-corrected chi connectivity index (χ4v) is 1.95. The minimum atomic E-state index is -0.508. The summed E-state index contributed by atoms with van der Waals surface area (Å²) in [6, 6.07) is 3.67. The van der Waals surface area contributed by atoms with Crippen LogP contribution in [0.25, 0.3) is 11.5 Å². The lowest BCUT2D eigenvalue weighted by molar-refractivity contribution is 0.419. The number of phenolic OH excluding ortho intramolecular Hbond substituents is 1. The minimum absolute atomic E-state index is 0.201. The van der Waals surface area contributed by atoms with Crippen molar-refractivity contribution in [3.63, 3.8) is 0 Å². The fraction of sp³-hybridized carbons (Fsp3) is 0.333. The Labute approximate surface area is 108 Å². The van der Waals surface area contributed by atoms with Gasteiger partial charge in [-0.2, -0.15) is 16.7 Å². The van der Waals surface area contributed by atoms with Crippen molar-refractivity contribution >= 4 is 11.8 Å². The van der Waals surface area contributed by atoms with Gasteiger partial charge in [0.05, 0.1) is 11.3 Å². The Morgan fingerprint density at radius 2 is 2.22 bits per heavy atom. The molecule has 96 valence electrons. The van der Waals surface area contributed by atoms with Crippen molar-refractivity contribution < 1.29 is 14.0 Å². The average Bonchev–Trinajstić information content (AvgIpc) is 2.75. The summed E-state index contributed by atoms with van der Waals surface area (Å²) in [5, 5.41) is 13.9. The molecule has 0 aliphatic carbocycles. The highest BCUT2D eigenvalue weighted by Gasteiger charge is 2.13. The van der Waals surface area contributed by atoms with Crippen LogP contribution in [-0.4, -0.2) is 20.5 Å².